The molecule has 1 aliphatic heterocycles. The zero-order valence-electron chi connectivity index (χ0n) is 13.8. The normalized spacial score (nSPS) is 14.5. The van der Waals surface area contributed by atoms with E-state index in [1.54, 1.807) is 42.5 Å². The Morgan fingerprint density at radius 3 is 2.52 bits per heavy atom. The number of carbonyl (C=O) groups is 1. The molecule has 1 amide bonds. The molecular formula is C18H19N3O3S. The van der Waals surface area contributed by atoms with E-state index in [-0.39, 0.29) is 16.6 Å². The van der Waals surface area contributed by atoms with Gasteiger partial charge in [-0.3, -0.25) is 4.79 Å². The SMILES string of the molecule is CCCCNC(=O)c1ccc(NC2=NS(=O)(=O)c3ccccc32)cc1. The molecule has 0 spiro atoms. The van der Waals surface area contributed by atoms with Crippen molar-refractivity contribution in [3.63, 3.8) is 0 Å². The minimum atomic E-state index is -3.65. The average Bonchev–Trinajstić information content (AvgIpc) is 2.87. The molecule has 3 rings (SSSR count). The highest BCUT2D eigenvalue weighted by Crippen LogP contribution is 2.26. The van der Waals surface area contributed by atoms with E-state index < -0.39 is 10.0 Å². The van der Waals surface area contributed by atoms with Crippen molar-refractivity contribution in [1.29, 1.82) is 0 Å². The Kier molecular flexibility index (Phi) is 4.85. The minimum Gasteiger partial charge on any atom is -0.352 e. The van der Waals surface area contributed by atoms with E-state index in [0.29, 0.717) is 23.4 Å². The van der Waals surface area contributed by atoms with Crippen molar-refractivity contribution in [2.45, 2.75) is 24.7 Å². The average molecular weight is 357 g/mol. The number of hydrogen-bond acceptors (Lipinski definition) is 4. The Morgan fingerprint density at radius 2 is 1.80 bits per heavy atom. The number of fused-ring (bicyclic) bond motifs is 1. The fourth-order valence-corrected chi connectivity index (χ4v) is 3.69. The van der Waals surface area contributed by atoms with Crippen molar-refractivity contribution in [3.8, 4) is 0 Å². The molecular weight excluding hydrogens is 338 g/mol. The van der Waals surface area contributed by atoms with Crippen molar-refractivity contribution < 1.29 is 13.2 Å². The monoisotopic (exact) mass is 357 g/mol. The second-order valence-electron chi connectivity index (χ2n) is 5.72. The summed E-state index contributed by atoms with van der Waals surface area (Å²) in [5, 5.41) is 5.86. The van der Waals surface area contributed by atoms with E-state index in [9.17, 15) is 13.2 Å². The lowest BCUT2D eigenvalue weighted by Crippen LogP contribution is -2.24. The second kappa shape index (κ2) is 7.06. The molecule has 0 radical (unpaired) electrons. The van der Waals surface area contributed by atoms with Gasteiger partial charge in [0.1, 0.15) is 4.90 Å². The third kappa shape index (κ3) is 3.71. The molecule has 0 saturated carbocycles. The summed E-state index contributed by atoms with van der Waals surface area (Å²) < 4.78 is 27.9. The first-order valence-corrected chi connectivity index (χ1v) is 9.55. The van der Waals surface area contributed by atoms with Crippen LogP contribution in [0.15, 0.2) is 57.8 Å². The Balaban J connectivity index is 1.74. The van der Waals surface area contributed by atoms with Gasteiger partial charge in [-0.2, -0.15) is 8.42 Å². The van der Waals surface area contributed by atoms with Crippen molar-refractivity contribution in [3.05, 3.63) is 59.7 Å². The van der Waals surface area contributed by atoms with E-state index in [0.717, 1.165) is 12.8 Å². The molecule has 25 heavy (non-hydrogen) atoms. The molecule has 6 nitrogen and oxygen atoms in total. The van der Waals surface area contributed by atoms with Crippen LogP contribution in [-0.4, -0.2) is 26.7 Å². The lowest BCUT2D eigenvalue weighted by molar-refractivity contribution is 0.0953. The van der Waals surface area contributed by atoms with Crippen LogP contribution in [0.3, 0.4) is 0 Å². The number of amidine groups is 1. The molecule has 1 heterocycles. The van der Waals surface area contributed by atoms with Gasteiger partial charge in [0.15, 0.2) is 5.84 Å². The predicted molar refractivity (Wildman–Crippen MR) is 97.5 cm³/mol. The minimum absolute atomic E-state index is 0.119. The predicted octanol–water partition coefficient (Wildman–Crippen LogP) is 2.78. The van der Waals surface area contributed by atoms with Crippen LogP contribution >= 0.6 is 0 Å². The van der Waals surface area contributed by atoms with E-state index in [4.69, 9.17) is 0 Å². The third-order valence-electron chi connectivity index (χ3n) is 3.86. The number of anilines is 1. The van der Waals surface area contributed by atoms with Crippen molar-refractivity contribution in [1.82, 2.24) is 5.32 Å². The molecule has 0 aliphatic carbocycles. The van der Waals surface area contributed by atoms with Gasteiger partial charge in [-0.05, 0) is 42.8 Å². The summed E-state index contributed by atoms with van der Waals surface area (Å²) in [6.45, 7) is 2.72. The lowest BCUT2D eigenvalue weighted by atomic mass is 10.1. The molecule has 0 saturated heterocycles. The number of hydrogen-bond donors (Lipinski definition) is 2. The molecule has 0 unspecified atom stereocenters. The first kappa shape index (κ1) is 17.2. The van der Waals surface area contributed by atoms with Crippen molar-refractivity contribution in [2.75, 3.05) is 11.9 Å². The maximum atomic E-state index is 12.0. The molecule has 2 aromatic rings. The summed E-state index contributed by atoms with van der Waals surface area (Å²) in [5.74, 6) is 0.168. The maximum absolute atomic E-state index is 12.0. The van der Waals surface area contributed by atoms with E-state index in [2.05, 4.69) is 22.0 Å². The third-order valence-corrected chi connectivity index (χ3v) is 5.19. The molecule has 2 N–H and O–H groups in total. The standard InChI is InChI=1S/C18H19N3O3S/c1-2-3-12-19-18(22)13-8-10-14(11-9-13)20-17-15-6-4-5-7-16(15)25(23,24)21-17/h4-11H,2-3,12H2,1H3,(H,19,22)(H,20,21). The van der Waals surface area contributed by atoms with Crippen LogP contribution in [0.1, 0.15) is 35.7 Å². The fraction of sp³-hybridized carbons (Fsp3) is 0.222. The molecule has 0 fully saturated rings. The summed E-state index contributed by atoms with van der Waals surface area (Å²) in [4.78, 5) is 12.2. The highest BCUT2D eigenvalue weighted by molar-refractivity contribution is 7.90. The summed E-state index contributed by atoms with van der Waals surface area (Å²) >= 11 is 0. The van der Waals surface area contributed by atoms with Gasteiger partial charge in [-0.1, -0.05) is 25.5 Å². The summed E-state index contributed by atoms with van der Waals surface area (Å²) in [6.07, 6.45) is 1.97. The van der Waals surface area contributed by atoms with Crippen LogP contribution in [0.5, 0.6) is 0 Å². The zero-order chi connectivity index (χ0) is 17.9. The van der Waals surface area contributed by atoms with E-state index >= 15 is 0 Å². The number of sulfonamides is 1. The number of benzene rings is 2. The Hall–Kier alpha value is -2.67. The van der Waals surface area contributed by atoms with Gasteiger partial charge in [0.05, 0.1) is 0 Å². The summed E-state index contributed by atoms with van der Waals surface area (Å²) in [5.41, 5.74) is 1.77. The molecule has 0 bridgehead atoms. The number of rotatable bonds is 5. The number of unbranched alkanes of at least 4 members (excludes halogenated alkanes) is 1. The van der Waals surface area contributed by atoms with Gasteiger partial charge in [0.25, 0.3) is 15.9 Å². The highest BCUT2D eigenvalue weighted by atomic mass is 32.2. The molecule has 0 aromatic heterocycles. The Labute approximate surface area is 147 Å². The summed E-state index contributed by atoms with van der Waals surface area (Å²) in [6, 6.07) is 13.5. The molecule has 1 aliphatic rings. The van der Waals surface area contributed by atoms with Crippen LogP contribution in [0.25, 0.3) is 0 Å². The first-order valence-electron chi connectivity index (χ1n) is 8.11. The van der Waals surface area contributed by atoms with Gasteiger partial charge in [-0.15, -0.1) is 4.40 Å². The van der Waals surface area contributed by atoms with E-state index in [1.165, 1.54) is 6.07 Å². The smallest absolute Gasteiger partial charge is 0.285 e. The van der Waals surface area contributed by atoms with Crippen LogP contribution in [0.2, 0.25) is 0 Å². The quantitative estimate of drug-likeness (QED) is 0.806. The number of carbonyl (C=O) groups excluding carboxylic acids is 1. The number of amides is 1. The van der Waals surface area contributed by atoms with Crippen LogP contribution < -0.4 is 10.6 Å². The number of nitrogens with zero attached hydrogens (tertiary/aromatic N) is 1. The molecule has 130 valence electrons. The summed E-state index contributed by atoms with van der Waals surface area (Å²) in [7, 11) is -3.65. The Morgan fingerprint density at radius 1 is 1.08 bits per heavy atom. The highest BCUT2D eigenvalue weighted by Gasteiger charge is 2.28. The number of nitrogens with one attached hydrogen (secondary N) is 2. The van der Waals surface area contributed by atoms with Gasteiger partial charge in [-0.25, -0.2) is 0 Å². The largest absolute Gasteiger partial charge is 0.352 e. The van der Waals surface area contributed by atoms with Gasteiger partial charge >= 0.3 is 0 Å². The fourth-order valence-electron chi connectivity index (χ4n) is 2.52. The lowest BCUT2D eigenvalue weighted by Gasteiger charge is -2.08. The van der Waals surface area contributed by atoms with Crippen LogP contribution in [0.4, 0.5) is 5.69 Å². The molecule has 0 atom stereocenters. The van der Waals surface area contributed by atoms with Crippen LogP contribution in [0, 0.1) is 0 Å². The topological polar surface area (TPSA) is 87.6 Å². The van der Waals surface area contributed by atoms with Gasteiger partial charge in [0, 0.05) is 23.4 Å². The van der Waals surface area contributed by atoms with Crippen molar-refractivity contribution in [2.24, 2.45) is 4.40 Å². The molecule has 7 heteroatoms. The van der Waals surface area contributed by atoms with Gasteiger partial charge in [0.2, 0.25) is 0 Å². The van der Waals surface area contributed by atoms with Crippen molar-refractivity contribution >= 4 is 27.5 Å². The second-order valence-corrected chi connectivity index (χ2v) is 7.30. The first-order chi connectivity index (χ1) is 12.0. The zero-order valence-corrected chi connectivity index (χ0v) is 14.6. The Bertz CT molecular complexity index is 919. The molecule has 2 aromatic carbocycles. The van der Waals surface area contributed by atoms with Crippen LogP contribution in [-0.2, 0) is 10.0 Å². The van der Waals surface area contributed by atoms with Gasteiger partial charge < -0.3 is 10.6 Å². The van der Waals surface area contributed by atoms with E-state index in [1.807, 2.05) is 0 Å². The maximum Gasteiger partial charge on any atom is 0.285 e.